The first-order valence-corrected chi connectivity index (χ1v) is 3.53. The largest absolute Gasteiger partial charge is 0.459 e. The minimum atomic E-state index is -6.44. The van der Waals surface area contributed by atoms with Crippen molar-refractivity contribution in [1.29, 1.82) is 0 Å². The predicted octanol–water partition coefficient (Wildman–Crippen LogP) is 1.53. The summed E-state index contributed by atoms with van der Waals surface area (Å²) in [6.45, 7) is -1.52. The molecule has 0 radical (unpaired) electrons. The molecule has 0 amide bonds. The fourth-order valence-corrected chi connectivity index (χ4v) is 0.636. The van der Waals surface area contributed by atoms with Crippen molar-refractivity contribution in [3.05, 3.63) is 0 Å². The van der Waals surface area contributed by atoms with E-state index in [1.165, 1.54) is 0 Å². The van der Waals surface area contributed by atoms with Crippen LogP contribution in [0.15, 0.2) is 0 Å². The Morgan fingerprint density at radius 3 is 1.47 bits per heavy atom. The zero-order valence-electron chi connectivity index (χ0n) is 7.38. The van der Waals surface area contributed by atoms with Crippen molar-refractivity contribution < 1.29 is 35.8 Å². The van der Waals surface area contributed by atoms with E-state index in [4.69, 9.17) is 5.11 Å². The van der Waals surface area contributed by atoms with Gasteiger partial charge in [0.25, 0.3) is 0 Å². The van der Waals surface area contributed by atoms with Crippen LogP contribution in [0.2, 0.25) is 0 Å². The average molecular weight is 243 g/mol. The summed E-state index contributed by atoms with van der Waals surface area (Å²) in [5, 5.41) is 8.25. The van der Waals surface area contributed by atoms with Gasteiger partial charge in [0.2, 0.25) is 0 Å². The quantitative estimate of drug-likeness (QED) is 0.738. The fraction of sp³-hybridized carbons (Fsp3) is 1.00. The van der Waals surface area contributed by atoms with Gasteiger partial charge in [-0.3, -0.25) is 0 Å². The highest BCUT2D eigenvalue weighted by molar-refractivity contribution is 5.05. The molecule has 0 rings (SSSR count). The van der Waals surface area contributed by atoms with Gasteiger partial charge in [0.15, 0.2) is 0 Å². The van der Waals surface area contributed by atoms with Crippen LogP contribution in [0.4, 0.5) is 30.7 Å². The third-order valence-corrected chi connectivity index (χ3v) is 1.80. The van der Waals surface area contributed by atoms with Gasteiger partial charge in [-0.25, -0.2) is 0 Å². The number of aliphatic hydroxyl groups is 1. The van der Waals surface area contributed by atoms with Crippen molar-refractivity contribution in [1.82, 2.24) is 0 Å². The molecule has 92 valence electrons. The second-order valence-corrected chi connectivity index (χ2v) is 3.22. The summed E-state index contributed by atoms with van der Waals surface area (Å²) in [6, 6.07) is 0. The van der Waals surface area contributed by atoms with Gasteiger partial charge in [0, 0.05) is 0 Å². The van der Waals surface area contributed by atoms with Crippen molar-refractivity contribution in [3.8, 4) is 0 Å². The van der Waals surface area contributed by atoms with Gasteiger partial charge in [-0.2, -0.15) is 30.7 Å². The molecule has 0 aromatic heterocycles. The maximum Gasteiger partial charge on any atom is 0.459 e. The molecule has 0 aliphatic heterocycles. The van der Waals surface area contributed by atoms with Crippen molar-refractivity contribution in [3.63, 3.8) is 0 Å². The molecule has 1 atom stereocenters. The molecule has 9 heteroatoms. The topological polar surface area (TPSA) is 46.2 Å². The van der Waals surface area contributed by atoms with Gasteiger partial charge in [-0.05, 0) is 6.92 Å². The lowest BCUT2D eigenvalue weighted by atomic mass is 9.90. The standard InChI is InChI=1S/C6H8F7NO/c1-3(14,2-15)4(7,8)5(9,10)6(11,12)13/h15H,2,14H2,1H3. The summed E-state index contributed by atoms with van der Waals surface area (Å²) in [5.41, 5.74) is 1.13. The smallest absolute Gasteiger partial charge is 0.394 e. The Kier molecular flexibility index (Phi) is 3.34. The Morgan fingerprint density at radius 2 is 1.27 bits per heavy atom. The maximum absolute atomic E-state index is 12.7. The first-order chi connectivity index (χ1) is 6.31. The van der Waals surface area contributed by atoms with Gasteiger partial charge >= 0.3 is 18.0 Å². The van der Waals surface area contributed by atoms with E-state index in [1.807, 2.05) is 0 Å². The summed E-state index contributed by atoms with van der Waals surface area (Å²) >= 11 is 0. The molecule has 0 aliphatic carbocycles. The molecule has 0 saturated carbocycles. The summed E-state index contributed by atoms with van der Waals surface area (Å²) < 4.78 is 85.0. The van der Waals surface area contributed by atoms with Gasteiger partial charge in [0.1, 0.15) is 5.54 Å². The normalized spacial score (nSPS) is 18.8. The Balaban J connectivity index is 5.38. The minimum Gasteiger partial charge on any atom is -0.394 e. The Bertz CT molecular complexity index is 234. The average Bonchev–Trinajstić information content (AvgIpc) is 2.01. The van der Waals surface area contributed by atoms with Crippen molar-refractivity contribution in [2.24, 2.45) is 5.73 Å². The molecule has 0 saturated heterocycles. The number of hydrogen-bond donors (Lipinski definition) is 2. The number of hydrogen-bond acceptors (Lipinski definition) is 2. The van der Waals surface area contributed by atoms with E-state index in [0.717, 1.165) is 0 Å². The number of aliphatic hydroxyl groups excluding tert-OH is 1. The Hall–Kier alpha value is -0.570. The summed E-state index contributed by atoms with van der Waals surface area (Å²) in [7, 11) is 0. The molecule has 0 spiro atoms. The molecule has 3 N–H and O–H groups in total. The van der Waals surface area contributed by atoms with E-state index in [0.29, 0.717) is 0 Å². The summed E-state index contributed by atoms with van der Waals surface area (Å²) in [6.07, 6.45) is -6.44. The fourth-order valence-electron chi connectivity index (χ4n) is 0.636. The lowest BCUT2D eigenvalue weighted by molar-refractivity contribution is -0.368. The van der Waals surface area contributed by atoms with Crippen LogP contribution in [-0.4, -0.2) is 35.3 Å². The Morgan fingerprint density at radius 1 is 0.933 bits per heavy atom. The van der Waals surface area contributed by atoms with Crippen LogP contribution in [0.3, 0.4) is 0 Å². The van der Waals surface area contributed by atoms with Crippen molar-refractivity contribution in [2.75, 3.05) is 6.61 Å². The van der Waals surface area contributed by atoms with Gasteiger partial charge in [-0.1, -0.05) is 0 Å². The molecule has 15 heavy (non-hydrogen) atoms. The molecular weight excluding hydrogens is 235 g/mol. The molecule has 1 unspecified atom stereocenters. The van der Waals surface area contributed by atoms with E-state index >= 15 is 0 Å². The lowest BCUT2D eigenvalue weighted by Crippen LogP contribution is -2.68. The number of halogens is 7. The van der Waals surface area contributed by atoms with Crippen LogP contribution in [0.5, 0.6) is 0 Å². The molecule has 2 nitrogen and oxygen atoms in total. The zero-order chi connectivity index (χ0) is 12.7. The van der Waals surface area contributed by atoms with E-state index in [-0.39, 0.29) is 6.92 Å². The van der Waals surface area contributed by atoms with E-state index in [2.05, 4.69) is 5.73 Å². The second-order valence-electron chi connectivity index (χ2n) is 3.22. The minimum absolute atomic E-state index is 0.201. The predicted molar refractivity (Wildman–Crippen MR) is 35.6 cm³/mol. The number of alkyl halides is 7. The molecule has 0 bridgehead atoms. The second kappa shape index (κ2) is 3.48. The van der Waals surface area contributed by atoms with E-state index in [1.54, 1.807) is 0 Å². The van der Waals surface area contributed by atoms with E-state index in [9.17, 15) is 30.7 Å². The SMILES string of the molecule is CC(N)(CO)C(F)(F)C(F)(F)C(F)(F)F. The molecular formula is C6H8F7NO. The van der Waals surface area contributed by atoms with Crippen molar-refractivity contribution in [2.45, 2.75) is 30.5 Å². The summed E-state index contributed by atoms with van der Waals surface area (Å²) in [4.78, 5) is 0. The highest BCUT2D eigenvalue weighted by Gasteiger charge is 2.77. The van der Waals surface area contributed by atoms with Crippen LogP contribution in [0, 0.1) is 0 Å². The third-order valence-electron chi connectivity index (χ3n) is 1.80. The van der Waals surface area contributed by atoms with Gasteiger partial charge in [0.05, 0.1) is 6.61 Å². The summed E-state index contributed by atoms with van der Waals surface area (Å²) in [5.74, 6) is -11.9. The van der Waals surface area contributed by atoms with Crippen LogP contribution < -0.4 is 5.73 Å². The third kappa shape index (κ3) is 2.03. The monoisotopic (exact) mass is 243 g/mol. The highest BCUT2D eigenvalue weighted by Crippen LogP contribution is 2.50. The first kappa shape index (κ1) is 14.4. The molecule has 0 heterocycles. The van der Waals surface area contributed by atoms with Gasteiger partial charge < -0.3 is 10.8 Å². The van der Waals surface area contributed by atoms with Crippen LogP contribution >= 0.6 is 0 Å². The highest BCUT2D eigenvalue weighted by atomic mass is 19.4. The number of nitrogens with two attached hydrogens (primary N) is 1. The van der Waals surface area contributed by atoms with Crippen LogP contribution in [-0.2, 0) is 0 Å². The van der Waals surface area contributed by atoms with Crippen molar-refractivity contribution >= 4 is 0 Å². The van der Waals surface area contributed by atoms with Crippen LogP contribution in [0.1, 0.15) is 6.92 Å². The lowest BCUT2D eigenvalue weighted by Gasteiger charge is -2.37. The van der Waals surface area contributed by atoms with Crippen LogP contribution in [0.25, 0.3) is 0 Å². The van der Waals surface area contributed by atoms with E-state index < -0.39 is 30.2 Å². The Labute approximate surface area is 79.9 Å². The molecule has 0 aromatic rings. The first-order valence-electron chi connectivity index (χ1n) is 3.53. The van der Waals surface area contributed by atoms with Gasteiger partial charge in [-0.15, -0.1) is 0 Å². The maximum atomic E-state index is 12.7. The molecule has 0 aromatic carbocycles. The zero-order valence-corrected chi connectivity index (χ0v) is 7.38. The molecule has 0 aliphatic rings. The molecule has 0 fully saturated rings. The number of rotatable bonds is 3.